The highest BCUT2D eigenvalue weighted by atomic mass is 35.5. The molecule has 6 heteroatoms. The third kappa shape index (κ3) is 3.55. The van der Waals surface area contributed by atoms with Crippen molar-refractivity contribution in [2.75, 3.05) is 0 Å². The van der Waals surface area contributed by atoms with Crippen molar-refractivity contribution in [2.45, 2.75) is 19.1 Å². The monoisotopic (exact) mass is 347 g/mol. The van der Waals surface area contributed by atoms with Crippen LogP contribution in [0.2, 0.25) is 10.0 Å². The number of rotatable bonds is 4. The smallest absolute Gasteiger partial charge is 0.137 e. The van der Waals surface area contributed by atoms with E-state index in [2.05, 4.69) is 10.1 Å². The molecular weight excluding hydrogens is 333 g/mol. The van der Waals surface area contributed by atoms with E-state index in [1.165, 1.54) is 6.33 Å². The predicted octanol–water partition coefficient (Wildman–Crippen LogP) is 4.16. The van der Waals surface area contributed by atoms with E-state index in [0.717, 1.165) is 11.1 Å². The molecule has 0 saturated heterocycles. The van der Waals surface area contributed by atoms with E-state index in [9.17, 15) is 5.11 Å². The zero-order valence-electron chi connectivity index (χ0n) is 12.4. The lowest BCUT2D eigenvalue weighted by molar-refractivity contribution is 0.0347. The Morgan fingerprint density at radius 1 is 1.09 bits per heavy atom. The van der Waals surface area contributed by atoms with E-state index in [-0.39, 0.29) is 6.54 Å². The van der Waals surface area contributed by atoms with Crippen LogP contribution >= 0.6 is 23.2 Å². The van der Waals surface area contributed by atoms with Gasteiger partial charge in [-0.2, -0.15) is 5.10 Å². The maximum absolute atomic E-state index is 10.9. The van der Waals surface area contributed by atoms with Crippen LogP contribution in [0.5, 0.6) is 0 Å². The summed E-state index contributed by atoms with van der Waals surface area (Å²) >= 11 is 12.2. The van der Waals surface area contributed by atoms with Gasteiger partial charge in [0.25, 0.3) is 0 Å². The Kier molecular flexibility index (Phi) is 4.39. The van der Waals surface area contributed by atoms with Crippen LogP contribution in [0.15, 0.2) is 55.1 Å². The number of hydrogen-bond acceptors (Lipinski definition) is 3. The van der Waals surface area contributed by atoms with Crippen molar-refractivity contribution in [3.05, 3.63) is 70.7 Å². The molecule has 3 aromatic rings. The van der Waals surface area contributed by atoms with E-state index in [1.54, 1.807) is 24.0 Å². The van der Waals surface area contributed by atoms with Crippen LogP contribution < -0.4 is 0 Å². The topological polar surface area (TPSA) is 50.9 Å². The number of aromatic nitrogens is 3. The summed E-state index contributed by atoms with van der Waals surface area (Å²) in [4.78, 5) is 3.89. The van der Waals surface area contributed by atoms with Crippen LogP contribution in [0.3, 0.4) is 0 Å². The quantitative estimate of drug-likeness (QED) is 0.770. The van der Waals surface area contributed by atoms with Crippen LogP contribution in [0.25, 0.3) is 11.1 Å². The normalized spacial score (nSPS) is 13.7. The van der Waals surface area contributed by atoms with Gasteiger partial charge in [0.1, 0.15) is 18.3 Å². The van der Waals surface area contributed by atoms with Crippen molar-refractivity contribution >= 4 is 23.2 Å². The van der Waals surface area contributed by atoms with Gasteiger partial charge in [-0.25, -0.2) is 9.67 Å². The average molecular weight is 348 g/mol. The van der Waals surface area contributed by atoms with Crippen LogP contribution in [0.1, 0.15) is 12.5 Å². The summed E-state index contributed by atoms with van der Waals surface area (Å²) in [6, 6.07) is 13.1. The van der Waals surface area contributed by atoms with Crippen molar-refractivity contribution in [3.8, 4) is 11.1 Å². The summed E-state index contributed by atoms with van der Waals surface area (Å²) in [7, 11) is 0. The summed E-state index contributed by atoms with van der Waals surface area (Å²) in [5.41, 5.74) is 1.43. The third-order valence-corrected chi connectivity index (χ3v) is 4.24. The van der Waals surface area contributed by atoms with E-state index in [1.807, 2.05) is 36.4 Å². The molecule has 0 aliphatic heterocycles. The Hall–Kier alpha value is -1.88. The fraction of sp³-hybridized carbons (Fsp3) is 0.176. The minimum Gasteiger partial charge on any atom is -0.383 e. The second kappa shape index (κ2) is 6.32. The lowest BCUT2D eigenvalue weighted by Crippen LogP contribution is -2.28. The van der Waals surface area contributed by atoms with E-state index < -0.39 is 5.60 Å². The third-order valence-electron chi connectivity index (χ3n) is 3.66. The van der Waals surface area contributed by atoms with Crippen molar-refractivity contribution in [2.24, 2.45) is 0 Å². The highest BCUT2D eigenvalue weighted by Crippen LogP contribution is 2.33. The standard InChI is InChI=1S/C17H15Cl2N3O/c1-17(23,9-22-11-20-10-21-22)15-8-13(4-7-16(15)19)12-2-5-14(18)6-3-12/h2-8,10-11,23H,9H2,1H3. The fourth-order valence-corrected chi connectivity index (χ4v) is 2.92. The zero-order chi connectivity index (χ0) is 16.4. The minimum atomic E-state index is -1.17. The largest absolute Gasteiger partial charge is 0.383 e. The van der Waals surface area contributed by atoms with Crippen molar-refractivity contribution in [1.29, 1.82) is 0 Å². The maximum atomic E-state index is 10.9. The Bertz CT molecular complexity index is 799. The summed E-state index contributed by atoms with van der Waals surface area (Å²) in [5, 5.41) is 16.1. The Balaban J connectivity index is 1.98. The molecule has 0 fully saturated rings. The molecule has 118 valence electrons. The predicted molar refractivity (Wildman–Crippen MR) is 91.5 cm³/mol. The van der Waals surface area contributed by atoms with Crippen molar-refractivity contribution < 1.29 is 5.11 Å². The SMILES string of the molecule is CC(O)(Cn1cncn1)c1cc(-c2ccc(Cl)cc2)ccc1Cl. The minimum absolute atomic E-state index is 0.261. The highest BCUT2D eigenvalue weighted by molar-refractivity contribution is 6.31. The van der Waals surface area contributed by atoms with E-state index in [4.69, 9.17) is 23.2 Å². The van der Waals surface area contributed by atoms with E-state index >= 15 is 0 Å². The van der Waals surface area contributed by atoms with Crippen LogP contribution in [-0.2, 0) is 12.1 Å². The molecule has 0 radical (unpaired) electrons. The lowest BCUT2D eigenvalue weighted by atomic mass is 9.92. The van der Waals surface area contributed by atoms with Gasteiger partial charge >= 0.3 is 0 Å². The van der Waals surface area contributed by atoms with Gasteiger partial charge in [0.05, 0.1) is 6.54 Å². The molecule has 1 heterocycles. The Morgan fingerprint density at radius 2 is 1.78 bits per heavy atom. The molecule has 0 bridgehead atoms. The molecule has 0 aliphatic carbocycles. The van der Waals surface area contributed by atoms with E-state index in [0.29, 0.717) is 15.6 Å². The van der Waals surface area contributed by atoms with Gasteiger partial charge in [-0.3, -0.25) is 0 Å². The number of hydrogen-bond donors (Lipinski definition) is 1. The Labute approximate surface area is 144 Å². The molecule has 0 saturated carbocycles. The van der Waals surface area contributed by atoms with Gasteiger partial charge in [-0.1, -0.05) is 41.4 Å². The first kappa shape index (κ1) is 16.0. The molecule has 23 heavy (non-hydrogen) atoms. The first-order valence-corrected chi connectivity index (χ1v) is 7.82. The van der Waals surface area contributed by atoms with Gasteiger partial charge < -0.3 is 5.11 Å². The van der Waals surface area contributed by atoms with Crippen LogP contribution in [0.4, 0.5) is 0 Å². The van der Waals surface area contributed by atoms with Gasteiger partial charge in [0, 0.05) is 15.6 Å². The number of benzene rings is 2. The molecule has 3 rings (SSSR count). The molecule has 0 aliphatic rings. The van der Waals surface area contributed by atoms with Crippen LogP contribution in [-0.4, -0.2) is 19.9 Å². The zero-order valence-corrected chi connectivity index (χ0v) is 14.0. The molecular formula is C17H15Cl2N3O. The second-order valence-corrected chi connectivity index (χ2v) is 6.41. The molecule has 0 spiro atoms. The summed E-state index contributed by atoms with van der Waals surface area (Å²) < 4.78 is 1.57. The van der Waals surface area contributed by atoms with Crippen LogP contribution in [0, 0.1) is 0 Å². The van der Waals surface area contributed by atoms with Crippen molar-refractivity contribution in [3.63, 3.8) is 0 Å². The van der Waals surface area contributed by atoms with Gasteiger partial charge in [-0.15, -0.1) is 0 Å². The number of aliphatic hydroxyl groups is 1. The first-order valence-electron chi connectivity index (χ1n) is 7.06. The molecule has 1 N–H and O–H groups in total. The van der Waals surface area contributed by atoms with Gasteiger partial charge in [-0.05, 0) is 42.3 Å². The fourth-order valence-electron chi connectivity index (χ4n) is 2.47. The summed E-state index contributed by atoms with van der Waals surface area (Å²) in [5.74, 6) is 0. The van der Waals surface area contributed by atoms with Gasteiger partial charge in [0.15, 0.2) is 0 Å². The first-order chi connectivity index (χ1) is 11.0. The lowest BCUT2D eigenvalue weighted by Gasteiger charge is -2.25. The summed E-state index contributed by atoms with van der Waals surface area (Å²) in [6.45, 7) is 1.97. The maximum Gasteiger partial charge on any atom is 0.137 e. The molecule has 0 amide bonds. The molecule has 4 nitrogen and oxygen atoms in total. The molecule has 1 atom stereocenters. The Morgan fingerprint density at radius 3 is 2.43 bits per heavy atom. The molecule has 1 unspecified atom stereocenters. The molecule has 1 aromatic heterocycles. The van der Waals surface area contributed by atoms with Crippen molar-refractivity contribution in [1.82, 2.24) is 14.8 Å². The average Bonchev–Trinajstić information content (AvgIpc) is 3.00. The summed E-state index contributed by atoms with van der Waals surface area (Å²) in [6.07, 6.45) is 2.99. The highest BCUT2D eigenvalue weighted by Gasteiger charge is 2.27. The molecule has 2 aromatic carbocycles. The second-order valence-electron chi connectivity index (χ2n) is 5.57. The van der Waals surface area contributed by atoms with Gasteiger partial charge in [0.2, 0.25) is 0 Å². The number of halogens is 2. The number of nitrogens with zero attached hydrogens (tertiary/aromatic N) is 3.